The number of H-pyrrole nitrogens is 1. The van der Waals surface area contributed by atoms with E-state index in [0.29, 0.717) is 41.0 Å². The predicted molar refractivity (Wildman–Crippen MR) is 137 cm³/mol. The largest absolute Gasteiger partial charge is 0.447 e. The zero-order valence-electron chi connectivity index (χ0n) is 19.1. The van der Waals surface area contributed by atoms with Crippen LogP contribution in [0.3, 0.4) is 0 Å². The van der Waals surface area contributed by atoms with Crippen molar-refractivity contribution in [1.82, 2.24) is 9.55 Å². The molecule has 0 unspecified atom stereocenters. The molecule has 1 aliphatic heterocycles. The van der Waals surface area contributed by atoms with E-state index in [1.807, 2.05) is 32.0 Å². The van der Waals surface area contributed by atoms with Crippen molar-refractivity contribution in [3.63, 3.8) is 0 Å². The summed E-state index contributed by atoms with van der Waals surface area (Å²) in [4.78, 5) is 43.0. The van der Waals surface area contributed by atoms with E-state index in [-0.39, 0.29) is 16.2 Å². The van der Waals surface area contributed by atoms with E-state index >= 15 is 0 Å². The Balaban J connectivity index is 1.51. The zero-order chi connectivity index (χ0) is 24.7. The van der Waals surface area contributed by atoms with Gasteiger partial charge in [-0.2, -0.15) is 0 Å². The van der Waals surface area contributed by atoms with Gasteiger partial charge in [-0.3, -0.25) is 19.1 Å². The SMILES string of the molecule is Cc1cccc(-n2c(=S)[nH]c3cc(C(=O)Nc4ccccc4N4CCOC4=O)ccc3c2=O)c1C. The van der Waals surface area contributed by atoms with Crippen LogP contribution in [0.1, 0.15) is 21.5 Å². The van der Waals surface area contributed by atoms with Gasteiger partial charge in [-0.15, -0.1) is 0 Å². The van der Waals surface area contributed by atoms with Crippen LogP contribution in [0.5, 0.6) is 0 Å². The lowest BCUT2D eigenvalue weighted by atomic mass is 10.1. The van der Waals surface area contributed by atoms with Crippen LogP contribution >= 0.6 is 12.2 Å². The van der Waals surface area contributed by atoms with Gasteiger partial charge in [0.2, 0.25) is 0 Å². The number of benzene rings is 3. The third-order valence-corrected chi connectivity index (χ3v) is 6.47. The number of aryl methyl sites for hydroxylation is 1. The summed E-state index contributed by atoms with van der Waals surface area (Å²) in [5, 5.41) is 3.27. The van der Waals surface area contributed by atoms with Crippen LogP contribution in [0.25, 0.3) is 16.6 Å². The summed E-state index contributed by atoms with van der Waals surface area (Å²) in [6, 6.07) is 17.5. The van der Waals surface area contributed by atoms with Gasteiger partial charge in [0.1, 0.15) is 6.61 Å². The molecule has 9 heteroatoms. The van der Waals surface area contributed by atoms with Gasteiger partial charge >= 0.3 is 6.09 Å². The summed E-state index contributed by atoms with van der Waals surface area (Å²) >= 11 is 5.51. The average molecular weight is 487 g/mol. The van der Waals surface area contributed by atoms with Gasteiger partial charge < -0.3 is 15.0 Å². The van der Waals surface area contributed by atoms with E-state index in [2.05, 4.69) is 10.3 Å². The number of carbonyl (C=O) groups excluding carboxylic acids is 2. The number of aromatic amines is 1. The maximum Gasteiger partial charge on any atom is 0.414 e. The maximum absolute atomic E-state index is 13.3. The number of hydrogen-bond donors (Lipinski definition) is 2. The first kappa shape index (κ1) is 22.5. The van der Waals surface area contributed by atoms with Crippen molar-refractivity contribution in [3.8, 4) is 5.69 Å². The summed E-state index contributed by atoms with van der Waals surface area (Å²) in [6.45, 7) is 4.63. The van der Waals surface area contributed by atoms with Gasteiger partial charge in [0.25, 0.3) is 11.5 Å². The Morgan fingerprint density at radius 3 is 2.57 bits per heavy atom. The highest BCUT2D eigenvalue weighted by atomic mass is 32.1. The second-order valence-corrected chi connectivity index (χ2v) is 8.67. The molecule has 35 heavy (non-hydrogen) atoms. The van der Waals surface area contributed by atoms with Crippen molar-refractivity contribution in [3.05, 3.63) is 92.5 Å². The lowest BCUT2D eigenvalue weighted by Gasteiger charge is -2.18. The quantitative estimate of drug-likeness (QED) is 0.401. The molecule has 2 amide bonds. The third-order valence-electron chi connectivity index (χ3n) is 6.18. The van der Waals surface area contributed by atoms with Gasteiger partial charge in [-0.05, 0) is 73.6 Å². The summed E-state index contributed by atoms with van der Waals surface area (Å²) in [5.74, 6) is -0.384. The molecule has 176 valence electrons. The fourth-order valence-electron chi connectivity index (χ4n) is 4.18. The maximum atomic E-state index is 13.3. The van der Waals surface area contributed by atoms with Gasteiger partial charge in [0.05, 0.1) is 34.5 Å². The average Bonchev–Trinajstić information content (AvgIpc) is 3.27. The second-order valence-electron chi connectivity index (χ2n) is 8.29. The molecular formula is C26H22N4O4S. The normalized spacial score (nSPS) is 13.2. The van der Waals surface area contributed by atoms with Crippen molar-refractivity contribution in [2.75, 3.05) is 23.4 Å². The lowest BCUT2D eigenvalue weighted by Crippen LogP contribution is -2.25. The number of anilines is 2. The van der Waals surface area contributed by atoms with E-state index in [9.17, 15) is 14.4 Å². The van der Waals surface area contributed by atoms with E-state index in [0.717, 1.165) is 16.8 Å². The Hall–Kier alpha value is -4.24. The van der Waals surface area contributed by atoms with Gasteiger partial charge in [-0.25, -0.2) is 4.79 Å². The highest BCUT2D eigenvalue weighted by Crippen LogP contribution is 2.28. The summed E-state index contributed by atoms with van der Waals surface area (Å²) < 4.78 is 6.74. The molecule has 1 aliphatic rings. The first-order valence-electron chi connectivity index (χ1n) is 11.1. The topological polar surface area (TPSA) is 96.4 Å². The number of fused-ring (bicyclic) bond motifs is 1. The first-order valence-corrected chi connectivity index (χ1v) is 11.5. The fraction of sp³-hybridized carbons (Fsp3) is 0.154. The van der Waals surface area contributed by atoms with Crippen LogP contribution in [0.2, 0.25) is 0 Å². The highest BCUT2D eigenvalue weighted by Gasteiger charge is 2.26. The van der Waals surface area contributed by atoms with Crippen molar-refractivity contribution in [2.24, 2.45) is 0 Å². The summed E-state index contributed by atoms with van der Waals surface area (Å²) in [5.41, 5.74) is 4.31. The molecular weight excluding hydrogens is 464 g/mol. The van der Waals surface area contributed by atoms with Crippen molar-refractivity contribution in [1.29, 1.82) is 0 Å². The van der Waals surface area contributed by atoms with Crippen LogP contribution in [0.4, 0.5) is 16.2 Å². The minimum atomic E-state index is -0.454. The first-order chi connectivity index (χ1) is 16.8. The molecule has 5 rings (SSSR count). The van der Waals surface area contributed by atoms with Gasteiger partial charge in [0, 0.05) is 5.56 Å². The molecule has 1 aromatic heterocycles. The standard InChI is InChI=1S/C26H22N4O4S/c1-15-6-5-9-21(16(15)2)30-24(32)18-11-10-17(14-20(18)28-25(30)35)23(31)27-19-7-3-4-8-22(19)29-12-13-34-26(29)33/h3-11,14H,12-13H2,1-2H3,(H,27,31)(H,28,35). The predicted octanol–water partition coefficient (Wildman–Crippen LogP) is 4.87. The van der Waals surface area contributed by atoms with E-state index in [4.69, 9.17) is 17.0 Å². The number of para-hydroxylation sites is 2. The molecule has 0 atom stereocenters. The highest BCUT2D eigenvalue weighted by molar-refractivity contribution is 7.71. The summed E-state index contributed by atoms with van der Waals surface area (Å²) in [6.07, 6.45) is -0.454. The van der Waals surface area contributed by atoms with Crippen LogP contribution in [0.15, 0.2) is 65.5 Å². The Bertz CT molecular complexity index is 1620. The monoisotopic (exact) mass is 486 g/mol. The van der Waals surface area contributed by atoms with Crippen molar-refractivity contribution in [2.45, 2.75) is 13.8 Å². The van der Waals surface area contributed by atoms with Crippen molar-refractivity contribution < 1.29 is 14.3 Å². The Kier molecular flexibility index (Phi) is 5.70. The zero-order valence-corrected chi connectivity index (χ0v) is 19.9. The molecule has 0 radical (unpaired) electrons. The van der Waals surface area contributed by atoms with Crippen LogP contribution in [0, 0.1) is 18.6 Å². The molecule has 1 fully saturated rings. The van der Waals surface area contributed by atoms with E-state index in [1.165, 1.54) is 9.47 Å². The number of aromatic nitrogens is 2. The van der Waals surface area contributed by atoms with Crippen LogP contribution in [-0.2, 0) is 4.74 Å². The molecule has 3 aromatic carbocycles. The molecule has 8 nitrogen and oxygen atoms in total. The number of amides is 2. The molecule has 0 spiro atoms. The second kappa shape index (κ2) is 8.84. The number of ether oxygens (including phenoxy) is 1. The molecule has 0 saturated carbocycles. The molecule has 4 aromatic rings. The molecule has 2 N–H and O–H groups in total. The Morgan fingerprint density at radius 1 is 1.03 bits per heavy atom. The van der Waals surface area contributed by atoms with E-state index in [1.54, 1.807) is 42.5 Å². The minimum absolute atomic E-state index is 0.242. The number of cyclic esters (lactones) is 1. The lowest BCUT2D eigenvalue weighted by molar-refractivity contribution is 0.102. The smallest absolute Gasteiger partial charge is 0.414 e. The summed E-state index contributed by atoms with van der Waals surface area (Å²) in [7, 11) is 0. The number of nitrogens with one attached hydrogen (secondary N) is 2. The van der Waals surface area contributed by atoms with Gasteiger partial charge in [-0.1, -0.05) is 24.3 Å². The Labute approximate surface area is 205 Å². The Morgan fingerprint density at radius 2 is 1.80 bits per heavy atom. The van der Waals surface area contributed by atoms with Crippen LogP contribution < -0.4 is 15.8 Å². The number of rotatable bonds is 4. The van der Waals surface area contributed by atoms with E-state index < -0.39 is 6.09 Å². The molecule has 0 aliphatic carbocycles. The number of hydrogen-bond acceptors (Lipinski definition) is 5. The van der Waals surface area contributed by atoms with Crippen LogP contribution in [-0.4, -0.2) is 34.7 Å². The van der Waals surface area contributed by atoms with Gasteiger partial charge in [0.15, 0.2) is 4.77 Å². The minimum Gasteiger partial charge on any atom is -0.447 e. The molecule has 2 heterocycles. The fourth-order valence-corrected chi connectivity index (χ4v) is 4.47. The number of nitrogens with zero attached hydrogens (tertiary/aromatic N) is 2. The van der Waals surface area contributed by atoms with Crippen molar-refractivity contribution >= 4 is 46.5 Å². The third kappa shape index (κ3) is 4.00. The molecule has 1 saturated heterocycles. The number of carbonyl (C=O) groups is 2. The molecule has 0 bridgehead atoms.